The van der Waals surface area contributed by atoms with E-state index in [2.05, 4.69) is 12.2 Å². The normalized spacial score (nSPS) is 11.9. The maximum Gasteiger partial charge on any atom is 0.220 e. The Bertz CT molecular complexity index is 393. The Labute approximate surface area is 115 Å². The zero-order valence-electron chi connectivity index (χ0n) is 11.8. The van der Waals surface area contributed by atoms with Gasteiger partial charge < -0.3 is 15.8 Å². The highest BCUT2D eigenvalue weighted by Gasteiger charge is 2.05. The highest BCUT2D eigenvalue weighted by Crippen LogP contribution is 2.13. The maximum atomic E-state index is 11.7. The summed E-state index contributed by atoms with van der Waals surface area (Å²) in [5, 5.41) is 2.91. The van der Waals surface area contributed by atoms with Crippen molar-refractivity contribution in [2.75, 3.05) is 13.2 Å². The molecule has 0 aliphatic rings. The minimum atomic E-state index is 0.0714. The average Bonchev–Trinajstić information content (AvgIpc) is 2.43. The summed E-state index contributed by atoms with van der Waals surface area (Å²) in [6.45, 7) is 5.82. The standard InChI is InChI=1S/C15H24N2O2/c1-3-19-14-6-4-5-13(9-14)11-17-15(18)8-7-12(2)10-16/h4-6,9,12H,3,7-8,10-11,16H2,1-2H3,(H,17,18). The largest absolute Gasteiger partial charge is 0.494 e. The lowest BCUT2D eigenvalue weighted by molar-refractivity contribution is -0.121. The monoisotopic (exact) mass is 264 g/mol. The van der Waals surface area contributed by atoms with E-state index in [0.29, 0.717) is 32.0 Å². The molecule has 0 spiro atoms. The Hall–Kier alpha value is -1.55. The second-order valence-corrected chi connectivity index (χ2v) is 4.74. The molecular formula is C15H24N2O2. The maximum absolute atomic E-state index is 11.7. The van der Waals surface area contributed by atoms with Gasteiger partial charge in [0.05, 0.1) is 6.61 Å². The van der Waals surface area contributed by atoms with Crippen LogP contribution in [0.1, 0.15) is 32.3 Å². The van der Waals surface area contributed by atoms with Crippen LogP contribution < -0.4 is 15.8 Å². The van der Waals surface area contributed by atoms with Gasteiger partial charge in [0.1, 0.15) is 5.75 Å². The summed E-state index contributed by atoms with van der Waals surface area (Å²) in [6.07, 6.45) is 1.37. The third-order valence-electron chi connectivity index (χ3n) is 2.97. The molecule has 0 aliphatic heterocycles. The van der Waals surface area contributed by atoms with E-state index in [9.17, 15) is 4.79 Å². The van der Waals surface area contributed by atoms with E-state index in [-0.39, 0.29) is 5.91 Å². The van der Waals surface area contributed by atoms with Crippen molar-refractivity contribution >= 4 is 5.91 Å². The molecule has 0 radical (unpaired) electrons. The Morgan fingerprint density at radius 1 is 1.47 bits per heavy atom. The Morgan fingerprint density at radius 2 is 2.26 bits per heavy atom. The summed E-state index contributed by atoms with van der Waals surface area (Å²) >= 11 is 0. The van der Waals surface area contributed by atoms with Gasteiger partial charge in [-0.15, -0.1) is 0 Å². The molecule has 1 amide bonds. The summed E-state index contributed by atoms with van der Waals surface area (Å²) in [6, 6.07) is 7.78. The van der Waals surface area contributed by atoms with Gasteiger partial charge in [0, 0.05) is 13.0 Å². The molecule has 3 N–H and O–H groups in total. The number of rotatable bonds is 8. The lowest BCUT2D eigenvalue weighted by atomic mass is 10.1. The number of carbonyl (C=O) groups excluding carboxylic acids is 1. The van der Waals surface area contributed by atoms with Gasteiger partial charge in [-0.25, -0.2) is 0 Å². The fourth-order valence-electron chi connectivity index (χ4n) is 1.70. The quantitative estimate of drug-likeness (QED) is 0.755. The van der Waals surface area contributed by atoms with Crippen molar-refractivity contribution in [3.63, 3.8) is 0 Å². The lowest BCUT2D eigenvalue weighted by Crippen LogP contribution is -2.24. The van der Waals surface area contributed by atoms with E-state index in [1.165, 1.54) is 0 Å². The number of carbonyl (C=O) groups is 1. The summed E-state index contributed by atoms with van der Waals surface area (Å²) in [4.78, 5) is 11.7. The van der Waals surface area contributed by atoms with Crippen molar-refractivity contribution in [3.8, 4) is 5.75 Å². The van der Waals surface area contributed by atoms with Crippen LogP contribution in [-0.4, -0.2) is 19.1 Å². The second-order valence-electron chi connectivity index (χ2n) is 4.74. The number of nitrogens with two attached hydrogens (primary N) is 1. The number of amides is 1. The molecule has 1 unspecified atom stereocenters. The van der Waals surface area contributed by atoms with E-state index in [0.717, 1.165) is 17.7 Å². The SMILES string of the molecule is CCOc1cccc(CNC(=O)CCC(C)CN)c1. The van der Waals surface area contributed by atoms with Gasteiger partial charge >= 0.3 is 0 Å². The molecule has 4 heteroatoms. The minimum absolute atomic E-state index is 0.0714. The molecule has 19 heavy (non-hydrogen) atoms. The summed E-state index contributed by atoms with van der Waals surface area (Å²) < 4.78 is 5.42. The molecule has 1 atom stereocenters. The summed E-state index contributed by atoms with van der Waals surface area (Å²) in [5.41, 5.74) is 6.57. The van der Waals surface area contributed by atoms with Gasteiger partial charge in [0.15, 0.2) is 0 Å². The van der Waals surface area contributed by atoms with E-state index in [1.54, 1.807) is 0 Å². The van der Waals surface area contributed by atoms with Crippen LogP contribution in [0.5, 0.6) is 5.75 Å². The van der Waals surface area contributed by atoms with Gasteiger partial charge in [-0.3, -0.25) is 4.79 Å². The first-order valence-corrected chi connectivity index (χ1v) is 6.84. The van der Waals surface area contributed by atoms with Crippen molar-refractivity contribution in [1.29, 1.82) is 0 Å². The third kappa shape index (κ3) is 6.25. The number of hydrogen-bond donors (Lipinski definition) is 2. The molecule has 0 aromatic heterocycles. The smallest absolute Gasteiger partial charge is 0.220 e. The van der Waals surface area contributed by atoms with Crippen molar-refractivity contribution in [2.45, 2.75) is 33.2 Å². The zero-order valence-corrected chi connectivity index (χ0v) is 11.8. The molecule has 0 saturated heterocycles. The summed E-state index contributed by atoms with van der Waals surface area (Å²) in [7, 11) is 0. The van der Waals surface area contributed by atoms with Crippen LogP contribution in [0, 0.1) is 5.92 Å². The van der Waals surface area contributed by atoms with Crippen molar-refractivity contribution in [2.24, 2.45) is 11.7 Å². The first-order chi connectivity index (χ1) is 9.15. The van der Waals surface area contributed by atoms with Gasteiger partial charge in [-0.2, -0.15) is 0 Å². The van der Waals surface area contributed by atoms with Crippen molar-refractivity contribution in [1.82, 2.24) is 5.32 Å². The zero-order chi connectivity index (χ0) is 14.1. The Kier molecular flexibility index (Phi) is 6.97. The topological polar surface area (TPSA) is 64.3 Å². The van der Waals surface area contributed by atoms with Gasteiger partial charge in [0.25, 0.3) is 0 Å². The van der Waals surface area contributed by atoms with Crippen LogP contribution in [-0.2, 0) is 11.3 Å². The van der Waals surface area contributed by atoms with Crippen LogP contribution >= 0.6 is 0 Å². The van der Waals surface area contributed by atoms with Crippen molar-refractivity contribution < 1.29 is 9.53 Å². The Balaban J connectivity index is 2.35. The molecule has 0 aliphatic carbocycles. The third-order valence-corrected chi connectivity index (χ3v) is 2.97. The minimum Gasteiger partial charge on any atom is -0.494 e. The molecule has 0 bridgehead atoms. The van der Waals surface area contributed by atoms with Gasteiger partial charge in [-0.05, 0) is 43.5 Å². The van der Waals surface area contributed by atoms with Crippen LogP contribution in [0.25, 0.3) is 0 Å². The fourth-order valence-corrected chi connectivity index (χ4v) is 1.70. The van der Waals surface area contributed by atoms with Crippen LogP contribution in [0.15, 0.2) is 24.3 Å². The molecule has 4 nitrogen and oxygen atoms in total. The van der Waals surface area contributed by atoms with Crippen LogP contribution in [0.4, 0.5) is 0 Å². The molecule has 0 heterocycles. The second kappa shape index (κ2) is 8.53. The number of nitrogens with one attached hydrogen (secondary N) is 1. The van der Waals surface area contributed by atoms with Gasteiger partial charge in [-0.1, -0.05) is 19.1 Å². The molecule has 1 rings (SSSR count). The molecule has 1 aromatic carbocycles. The molecule has 106 valence electrons. The van der Waals surface area contributed by atoms with Crippen molar-refractivity contribution in [3.05, 3.63) is 29.8 Å². The highest BCUT2D eigenvalue weighted by molar-refractivity contribution is 5.75. The average molecular weight is 264 g/mol. The van der Waals surface area contributed by atoms with Crippen LogP contribution in [0.2, 0.25) is 0 Å². The predicted molar refractivity (Wildman–Crippen MR) is 76.9 cm³/mol. The Morgan fingerprint density at radius 3 is 2.95 bits per heavy atom. The number of ether oxygens (including phenoxy) is 1. The van der Waals surface area contributed by atoms with Gasteiger partial charge in [0.2, 0.25) is 5.91 Å². The fraction of sp³-hybridized carbons (Fsp3) is 0.533. The first kappa shape index (κ1) is 15.5. The first-order valence-electron chi connectivity index (χ1n) is 6.84. The molecular weight excluding hydrogens is 240 g/mol. The van der Waals surface area contributed by atoms with E-state index in [4.69, 9.17) is 10.5 Å². The number of hydrogen-bond acceptors (Lipinski definition) is 3. The van der Waals surface area contributed by atoms with E-state index >= 15 is 0 Å². The predicted octanol–water partition coefficient (Wildman–Crippen LogP) is 2.08. The molecule has 0 saturated carbocycles. The lowest BCUT2D eigenvalue weighted by Gasteiger charge is -2.09. The highest BCUT2D eigenvalue weighted by atomic mass is 16.5. The van der Waals surface area contributed by atoms with Crippen LogP contribution in [0.3, 0.4) is 0 Å². The summed E-state index contributed by atoms with van der Waals surface area (Å²) in [5.74, 6) is 1.31. The molecule has 0 fully saturated rings. The molecule has 1 aromatic rings. The van der Waals surface area contributed by atoms with E-state index < -0.39 is 0 Å². The number of benzene rings is 1. The van der Waals surface area contributed by atoms with E-state index in [1.807, 2.05) is 31.2 Å².